The molecule has 142 valence electrons. The Morgan fingerprint density at radius 2 is 2.21 bits per heavy atom. The van der Waals surface area contributed by atoms with Crippen molar-refractivity contribution >= 4 is 39.9 Å². The molecular formula is C16H14Cl2N9O+. The zero-order valence-electron chi connectivity index (χ0n) is 14.4. The predicted molar refractivity (Wildman–Crippen MR) is 101 cm³/mol. The first kappa shape index (κ1) is 17.3. The lowest BCUT2D eigenvalue weighted by molar-refractivity contribution is -0.858. The first-order valence-corrected chi connectivity index (χ1v) is 9.26. The Labute approximate surface area is 168 Å². The number of ether oxygens (including phenoxy) is 1. The van der Waals surface area contributed by atoms with Gasteiger partial charge in [-0.15, -0.1) is 0 Å². The number of benzene rings is 1. The first-order valence-electron chi connectivity index (χ1n) is 8.51. The van der Waals surface area contributed by atoms with Gasteiger partial charge in [-0.3, -0.25) is 5.10 Å². The summed E-state index contributed by atoms with van der Waals surface area (Å²) in [5.74, 6) is 0.759. The van der Waals surface area contributed by atoms with Crippen LogP contribution in [0.15, 0.2) is 30.6 Å². The van der Waals surface area contributed by atoms with E-state index in [0.717, 1.165) is 22.3 Å². The second-order valence-corrected chi connectivity index (χ2v) is 7.05. The summed E-state index contributed by atoms with van der Waals surface area (Å²) in [7, 11) is 0. The molecule has 12 heteroatoms. The Morgan fingerprint density at radius 3 is 3.00 bits per heavy atom. The minimum absolute atomic E-state index is 0.353. The summed E-state index contributed by atoms with van der Waals surface area (Å²) in [6.07, 6.45) is 3.24. The van der Waals surface area contributed by atoms with Crippen LogP contribution in [0.25, 0.3) is 22.0 Å². The highest BCUT2D eigenvalue weighted by atomic mass is 35.5. The summed E-state index contributed by atoms with van der Waals surface area (Å²) in [4.78, 5) is 8.37. The van der Waals surface area contributed by atoms with Gasteiger partial charge in [-0.1, -0.05) is 29.3 Å². The molecule has 1 aromatic carbocycles. The van der Waals surface area contributed by atoms with Crippen LogP contribution in [0.3, 0.4) is 0 Å². The standard InChI is InChI=1S/C16H13Cl2N9O/c17-12-2-1-10-11(9-6-19-20-7-9)5-13(21-16(10)15(12)18)26-3-4-28-14(8-26)27-24-22-23-25-27/h1-2,5-7,14H,3-4,8H2,(H,19,20,21)/p+1. The fourth-order valence-electron chi connectivity index (χ4n) is 3.28. The number of halogens is 2. The number of hydrogen-bond donors (Lipinski definition) is 2. The number of aromatic amines is 2. The van der Waals surface area contributed by atoms with Crippen molar-refractivity contribution in [3.8, 4) is 11.1 Å². The number of aromatic nitrogens is 8. The summed E-state index contributed by atoms with van der Waals surface area (Å²) in [5, 5.41) is 22.4. The Hall–Kier alpha value is -2.82. The molecule has 0 aliphatic carbocycles. The minimum atomic E-state index is -0.353. The van der Waals surface area contributed by atoms with Crippen molar-refractivity contribution in [1.82, 2.24) is 36.0 Å². The molecule has 0 bridgehead atoms. The van der Waals surface area contributed by atoms with Crippen LogP contribution in [0.2, 0.25) is 10.0 Å². The van der Waals surface area contributed by atoms with E-state index in [1.165, 1.54) is 4.80 Å². The number of H-pyrrole nitrogens is 2. The fraction of sp³-hybridized carbons (Fsp3) is 0.250. The van der Waals surface area contributed by atoms with Crippen molar-refractivity contribution in [3.05, 3.63) is 40.6 Å². The van der Waals surface area contributed by atoms with E-state index in [4.69, 9.17) is 32.9 Å². The first-order chi connectivity index (χ1) is 13.7. The van der Waals surface area contributed by atoms with Gasteiger partial charge in [0, 0.05) is 23.7 Å². The van der Waals surface area contributed by atoms with Crippen LogP contribution >= 0.6 is 23.2 Å². The van der Waals surface area contributed by atoms with Crippen LogP contribution in [0.5, 0.6) is 0 Å². The Kier molecular flexibility index (Phi) is 4.30. The lowest BCUT2D eigenvalue weighted by atomic mass is 10.0. The summed E-state index contributed by atoms with van der Waals surface area (Å²) in [6, 6.07) is 5.71. The normalized spacial score (nSPS) is 17.4. The molecule has 4 aromatic rings. The number of fused-ring (bicyclic) bond motifs is 1. The molecule has 0 radical (unpaired) electrons. The van der Waals surface area contributed by atoms with E-state index >= 15 is 0 Å². The van der Waals surface area contributed by atoms with E-state index in [1.807, 2.05) is 18.3 Å². The molecule has 2 N–H and O–H groups in total. The number of pyridine rings is 1. The molecule has 1 fully saturated rings. The number of anilines is 1. The summed E-state index contributed by atoms with van der Waals surface area (Å²) in [5.41, 5.74) is 2.54. The smallest absolute Gasteiger partial charge is 0.240 e. The zero-order valence-corrected chi connectivity index (χ0v) is 15.9. The molecule has 10 nitrogen and oxygen atoms in total. The summed E-state index contributed by atoms with van der Waals surface area (Å²) >= 11 is 12.7. The molecule has 3 aromatic heterocycles. The second-order valence-electron chi connectivity index (χ2n) is 6.27. The van der Waals surface area contributed by atoms with Crippen molar-refractivity contribution in [2.24, 2.45) is 0 Å². The molecule has 0 saturated carbocycles. The van der Waals surface area contributed by atoms with E-state index in [9.17, 15) is 0 Å². The quantitative estimate of drug-likeness (QED) is 0.487. The van der Waals surface area contributed by atoms with Crippen molar-refractivity contribution in [2.75, 3.05) is 24.6 Å². The van der Waals surface area contributed by atoms with Gasteiger partial charge >= 0.3 is 0 Å². The molecule has 4 heterocycles. The third-order valence-electron chi connectivity index (χ3n) is 4.64. The van der Waals surface area contributed by atoms with E-state index < -0.39 is 0 Å². The number of nitrogens with one attached hydrogen (secondary N) is 2. The molecule has 1 saturated heterocycles. The molecule has 0 spiro atoms. The summed E-state index contributed by atoms with van der Waals surface area (Å²) < 4.78 is 5.76. The molecular weight excluding hydrogens is 405 g/mol. The third kappa shape index (κ3) is 2.95. The SMILES string of the molecule is Clc1ccc2c(-c3cn[nH]c3)cc(N3CCOC([n+]4nnn[nH]4)C3)nc2c1Cl. The van der Waals surface area contributed by atoms with Crippen LogP contribution in [-0.4, -0.2) is 55.7 Å². The van der Waals surface area contributed by atoms with Crippen LogP contribution in [-0.2, 0) is 4.74 Å². The largest absolute Gasteiger partial charge is 0.348 e. The number of hydrogen-bond acceptors (Lipinski definition) is 7. The average molecular weight is 419 g/mol. The fourth-order valence-corrected chi connectivity index (χ4v) is 3.64. The van der Waals surface area contributed by atoms with Crippen molar-refractivity contribution < 1.29 is 9.53 Å². The van der Waals surface area contributed by atoms with Crippen molar-refractivity contribution in [2.45, 2.75) is 6.23 Å². The molecule has 1 aliphatic rings. The van der Waals surface area contributed by atoms with E-state index in [1.54, 1.807) is 12.3 Å². The number of nitrogens with zero attached hydrogens (tertiary/aromatic N) is 7. The minimum Gasteiger partial charge on any atom is -0.348 e. The second kappa shape index (κ2) is 6.97. The number of rotatable bonds is 3. The van der Waals surface area contributed by atoms with Crippen LogP contribution in [0.1, 0.15) is 6.23 Å². The van der Waals surface area contributed by atoms with Gasteiger partial charge in [-0.2, -0.15) is 5.10 Å². The molecule has 5 rings (SSSR count). The van der Waals surface area contributed by atoms with Crippen LogP contribution < -0.4 is 9.70 Å². The topological polar surface area (TPSA) is 112 Å². The maximum absolute atomic E-state index is 6.48. The molecule has 1 unspecified atom stereocenters. The van der Waals surface area contributed by atoms with Crippen molar-refractivity contribution in [3.63, 3.8) is 0 Å². The van der Waals surface area contributed by atoms with Gasteiger partial charge < -0.3 is 9.64 Å². The van der Waals surface area contributed by atoms with Crippen molar-refractivity contribution in [1.29, 1.82) is 0 Å². The Balaban J connectivity index is 1.62. The van der Waals surface area contributed by atoms with Crippen LogP contribution in [0.4, 0.5) is 5.82 Å². The van der Waals surface area contributed by atoms with Crippen LogP contribution in [0, 0.1) is 0 Å². The van der Waals surface area contributed by atoms with Gasteiger partial charge in [0.25, 0.3) is 0 Å². The molecule has 1 aliphatic heterocycles. The van der Waals surface area contributed by atoms with Gasteiger partial charge in [-0.05, 0) is 27.7 Å². The van der Waals surface area contributed by atoms with Gasteiger partial charge in [0.15, 0.2) is 0 Å². The van der Waals surface area contributed by atoms with E-state index in [0.29, 0.717) is 35.3 Å². The highest BCUT2D eigenvalue weighted by molar-refractivity contribution is 6.45. The Bertz CT molecular complexity index is 1120. The lowest BCUT2D eigenvalue weighted by Gasteiger charge is -2.31. The lowest BCUT2D eigenvalue weighted by Crippen LogP contribution is -2.55. The highest BCUT2D eigenvalue weighted by Crippen LogP contribution is 2.37. The van der Waals surface area contributed by atoms with E-state index in [-0.39, 0.29) is 6.23 Å². The molecule has 28 heavy (non-hydrogen) atoms. The average Bonchev–Trinajstić information content (AvgIpc) is 3.44. The maximum atomic E-state index is 6.48. The molecule has 1 atom stereocenters. The van der Waals surface area contributed by atoms with E-state index in [2.05, 4.69) is 36.0 Å². The summed E-state index contributed by atoms with van der Waals surface area (Å²) in [6.45, 7) is 1.69. The number of morpholine rings is 1. The zero-order chi connectivity index (χ0) is 19.1. The highest BCUT2D eigenvalue weighted by Gasteiger charge is 2.28. The van der Waals surface area contributed by atoms with Gasteiger partial charge in [-0.25, -0.2) is 4.98 Å². The maximum Gasteiger partial charge on any atom is 0.240 e. The monoisotopic (exact) mass is 418 g/mol. The van der Waals surface area contributed by atoms with Gasteiger partial charge in [0.05, 0.1) is 34.9 Å². The van der Waals surface area contributed by atoms with Gasteiger partial charge in [0.2, 0.25) is 16.7 Å². The van der Waals surface area contributed by atoms with Gasteiger partial charge in [0.1, 0.15) is 11.0 Å². The Morgan fingerprint density at radius 1 is 1.29 bits per heavy atom. The predicted octanol–water partition coefficient (Wildman–Crippen LogP) is 1.77. The molecule has 0 amide bonds. The third-order valence-corrected chi connectivity index (χ3v) is 5.44.